The van der Waals surface area contributed by atoms with E-state index in [1.165, 1.54) is 22.7 Å². The lowest BCUT2D eigenvalue weighted by Crippen LogP contribution is -2.35. The molecule has 112 valence electrons. The molecule has 0 atom stereocenters. The second-order valence-electron chi connectivity index (χ2n) is 4.25. The number of carbonyl (C=O) groups is 2. The highest BCUT2D eigenvalue weighted by Gasteiger charge is 2.22. The Morgan fingerprint density at radius 2 is 1.86 bits per heavy atom. The first-order valence-corrected chi connectivity index (χ1v) is 8.53. The molecule has 9 heteroatoms. The smallest absolute Gasteiger partial charge is 0.268 e. The van der Waals surface area contributed by atoms with Crippen LogP contribution in [0.25, 0.3) is 10.2 Å². The average Bonchev–Trinajstić information content (AvgIpc) is 3.07. The largest absolute Gasteiger partial charge is 0.291 e. The van der Waals surface area contributed by atoms with Gasteiger partial charge in [0.05, 0.1) is 21.5 Å². The van der Waals surface area contributed by atoms with Crippen molar-refractivity contribution in [1.29, 1.82) is 0 Å². The van der Waals surface area contributed by atoms with Crippen LogP contribution in [-0.2, 0) is 11.2 Å². The highest BCUT2D eigenvalue weighted by atomic mass is 35.5. The second kappa shape index (κ2) is 6.29. The number of fused-ring (bicyclic) bond motifs is 2. The number of imide groups is 1. The van der Waals surface area contributed by atoms with Gasteiger partial charge < -0.3 is 0 Å². The maximum atomic E-state index is 11.0. The quantitative estimate of drug-likeness (QED) is 0.372. The summed E-state index contributed by atoms with van der Waals surface area (Å²) in [4.78, 5) is 30.3. The van der Waals surface area contributed by atoms with Crippen molar-refractivity contribution >= 4 is 67.9 Å². The molecule has 4 heterocycles. The van der Waals surface area contributed by atoms with E-state index < -0.39 is 0 Å². The first kappa shape index (κ1) is 15.4. The molecule has 0 fully saturated rings. The van der Waals surface area contributed by atoms with Crippen molar-refractivity contribution in [3.05, 3.63) is 43.8 Å². The van der Waals surface area contributed by atoms with Gasteiger partial charge in [0.2, 0.25) is 11.2 Å². The van der Waals surface area contributed by atoms with Crippen LogP contribution in [0.4, 0.5) is 0 Å². The molecule has 0 spiro atoms. The third-order valence-corrected chi connectivity index (χ3v) is 5.21. The molecule has 22 heavy (non-hydrogen) atoms. The van der Waals surface area contributed by atoms with Crippen molar-refractivity contribution in [1.82, 2.24) is 15.3 Å². The van der Waals surface area contributed by atoms with Gasteiger partial charge in [0.15, 0.2) is 5.15 Å². The average molecular weight is 372 g/mol. The number of halogens is 2. The van der Waals surface area contributed by atoms with Crippen molar-refractivity contribution in [3.8, 4) is 0 Å². The van der Waals surface area contributed by atoms with E-state index >= 15 is 0 Å². The summed E-state index contributed by atoms with van der Waals surface area (Å²) in [5.74, 6) is -0.466. The fourth-order valence-electron chi connectivity index (χ4n) is 1.88. The molecule has 0 saturated heterocycles. The third kappa shape index (κ3) is 3.12. The van der Waals surface area contributed by atoms with Gasteiger partial charge in [-0.1, -0.05) is 11.6 Å². The Labute approximate surface area is 142 Å². The SMILES string of the molecule is Clc1nc(Cl)c2sccc2n1.O=C1Cc2ccsc2C(=O)N1. The minimum atomic E-state index is -0.258. The number of rotatable bonds is 0. The highest BCUT2D eigenvalue weighted by molar-refractivity contribution is 7.17. The van der Waals surface area contributed by atoms with E-state index in [2.05, 4.69) is 15.3 Å². The zero-order valence-electron chi connectivity index (χ0n) is 10.8. The van der Waals surface area contributed by atoms with Crippen LogP contribution >= 0.6 is 45.9 Å². The Morgan fingerprint density at radius 3 is 2.68 bits per heavy atom. The monoisotopic (exact) mass is 371 g/mol. The third-order valence-electron chi connectivity index (χ3n) is 2.79. The van der Waals surface area contributed by atoms with Gasteiger partial charge in [-0.2, -0.15) is 0 Å². The van der Waals surface area contributed by atoms with Crippen molar-refractivity contribution < 1.29 is 9.59 Å². The summed E-state index contributed by atoms with van der Waals surface area (Å²) in [6.07, 6.45) is 0.338. The van der Waals surface area contributed by atoms with E-state index in [4.69, 9.17) is 23.2 Å². The lowest BCUT2D eigenvalue weighted by molar-refractivity contribution is -0.119. The summed E-state index contributed by atoms with van der Waals surface area (Å²) in [5.41, 5.74) is 1.66. The highest BCUT2D eigenvalue weighted by Crippen LogP contribution is 2.26. The Morgan fingerprint density at radius 1 is 1.09 bits per heavy atom. The van der Waals surface area contributed by atoms with Crippen LogP contribution in [0.1, 0.15) is 15.2 Å². The van der Waals surface area contributed by atoms with Crippen molar-refractivity contribution in [3.63, 3.8) is 0 Å². The molecule has 3 aromatic heterocycles. The van der Waals surface area contributed by atoms with Gasteiger partial charge in [-0.05, 0) is 40.1 Å². The molecule has 3 aromatic rings. The fraction of sp³-hybridized carbons (Fsp3) is 0.0769. The number of carbonyl (C=O) groups excluding carboxylic acids is 2. The van der Waals surface area contributed by atoms with Gasteiger partial charge >= 0.3 is 0 Å². The first-order chi connectivity index (χ1) is 10.5. The molecule has 2 amide bonds. The zero-order valence-corrected chi connectivity index (χ0v) is 13.9. The number of amides is 2. The summed E-state index contributed by atoms with van der Waals surface area (Å²) < 4.78 is 0.885. The van der Waals surface area contributed by atoms with Gasteiger partial charge in [0, 0.05) is 0 Å². The molecule has 0 saturated carbocycles. The second-order valence-corrected chi connectivity index (χ2v) is 6.78. The van der Waals surface area contributed by atoms with Gasteiger partial charge in [-0.3, -0.25) is 14.9 Å². The Hall–Kier alpha value is -1.54. The predicted molar refractivity (Wildman–Crippen MR) is 87.9 cm³/mol. The van der Waals surface area contributed by atoms with Gasteiger partial charge in [-0.25, -0.2) is 9.97 Å². The summed E-state index contributed by atoms with van der Waals surface area (Å²) in [6, 6.07) is 3.68. The van der Waals surface area contributed by atoms with E-state index in [9.17, 15) is 9.59 Å². The molecule has 5 nitrogen and oxygen atoms in total. The summed E-state index contributed by atoms with van der Waals surface area (Å²) >= 11 is 14.2. The number of nitrogens with zero attached hydrogens (tertiary/aromatic N) is 2. The normalized spacial score (nSPS) is 13.4. The molecular formula is C13H7Cl2N3O2S2. The molecule has 1 N–H and O–H groups in total. The van der Waals surface area contributed by atoms with Crippen LogP contribution in [0.2, 0.25) is 10.4 Å². The van der Waals surface area contributed by atoms with Gasteiger partial charge in [0.25, 0.3) is 5.91 Å². The molecule has 1 aliphatic rings. The fourth-order valence-corrected chi connectivity index (χ4v) is 3.93. The maximum absolute atomic E-state index is 11.0. The van der Waals surface area contributed by atoms with Gasteiger partial charge in [0.1, 0.15) is 0 Å². The molecule has 4 rings (SSSR count). The molecule has 0 radical (unpaired) electrons. The minimum absolute atomic E-state index is 0.195. The number of hydrogen-bond donors (Lipinski definition) is 1. The first-order valence-electron chi connectivity index (χ1n) is 6.01. The molecular weight excluding hydrogens is 365 g/mol. The zero-order chi connectivity index (χ0) is 15.7. The summed E-state index contributed by atoms with van der Waals surface area (Å²) in [7, 11) is 0. The lowest BCUT2D eigenvalue weighted by Gasteiger charge is -2.09. The van der Waals surface area contributed by atoms with Crippen LogP contribution in [0.15, 0.2) is 22.9 Å². The molecule has 1 aliphatic heterocycles. The van der Waals surface area contributed by atoms with Crippen molar-refractivity contribution in [2.24, 2.45) is 0 Å². The van der Waals surface area contributed by atoms with E-state index in [1.54, 1.807) is 0 Å². The molecule has 0 aromatic carbocycles. The van der Waals surface area contributed by atoms with E-state index in [0.717, 1.165) is 15.8 Å². The predicted octanol–water partition coefficient (Wildman–Crippen LogP) is 3.56. The number of nitrogens with one attached hydrogen (secondary N) is 1. The van der Waals surface area contributed by atoms with E-state index in [0.29, 0.717) is 16.5 Å². The summed E-state index contributed by atoms with van der Waals surface area (Å²) in [6.45, 7) is 0. The Bertz CT molecular complexity index is 875. The van der Waals surface area contributed by atoms with E-state index in [-0.39, 0.29) is 17.1 Å². The van der Waals surface area contributed by atoms with Crippen LogP contribution in [0.5, 0.6) is 0 Å². The van der Waals surface area contributed by atoms with Crippen LogP contribution in [0.3, 0.4) is 0 Å². The summed E-state index contributed by atoms with van der Waals surface area (Å²) in [5, 5.41) is 6.60. The molecule has 0 unspecified atom stereocenters. The van der Waals surface area contributed by atoms with Gasteiger partial charge in [-0.15, -0.1) is 22.7 Å². The van der Waals surface area contributed by atoms with Crippen molar-refractivity contribution in [2.75, 3.05) is 0 Å². The Kier molecular flexibility index (Phi) is 4.39. The van der Waals surface area contributed by atoms with E-state index in [1.807, 2.05) is 22.9 Å². The number of aromatic nitrogens is 2. The maximum Gasteiger partial charge on any atom is 0.268 e. The van der Waals surface area contributed by atoms with Crippen LogP contribution in [-0.4, -0.2) is 21.8 Å². The Balaban J connectivity index is 0.000000131. The standard InChI is InChI=1S/C7H5NO2S.C6H2Cl2N2S/c9-5-3-4-1-2-11-6(4)7(10)8-5;7-5-4-3(1-2-11-4)9-6(8)10-5/h1-2H,3H2,(H,8,9,10);1-2H. The number of thiophene rings is 2. The van der Waals surface area contributed by atoms with Crippen LogP contribution < -0.4 is 5.32 Å². The molecule has 0 aliphatic carbocycles. The minimum Gasteiger partial charge on any atom is -0.291 e. The number of hydrogen-bond acceptors (Lipinski definition) is 6. The molecule has 0 bridgehead atoms. The van der Waals surface area contributed by atoms with Crippen LogP contribution in [0, 0.1) is 0 Å². The topological polar surface area (TPSA) is 72.0 Å². The van der Waals surface area contributed by atoms with Crippen molar-refractivity contribution in [2.45, 2.75) is 6.42 Å². The lowest BCUT2D eigenvalue weighted by atomic mass is 10.1.